The SMILES string of the molecule is CCc1ccc(NC(=O)C[C@H]2C(=O)NCCN2C(=O)c2ccc(F)cc2)cc1. The van der Waals surface area contributed by atoms with Crippen molar-refractivity contribution in [3.8, 4) is 0 Å². The number of piperazine rings is 1. The van der Waals surface area contributed by atoms with E-state index in [0.717, 1.165) is 12.0 Å². The molecule has 1 aliphatic rings. The van der Waals surface area contributed by atoms with Crippen LogP contribution in [-0.4, -0.2) is 41.8 Å². The standard InChI is InChI=1S/C21H22FN3O3/c1-2-14-3-9-17(10-4-14)24-19(26)13-18-20(27)23-11-12-25(18)21(28)15-5-7-16(22)8-6-15/h3-10,18H,2,11-13H2,1H3,(H,23,27)(H,24,26)/t18-/m0/s1. The molecule has 6 nitrogen and oxygen atoms in total. The summed E-state index contributed by atoms with van der Waals surface area (Å²) in [4.78, 5) is 38.9. The maximum absolute atomic E-state index is 13.1. The number of rotatable bonds is 5. The molecule has 1 saturated heterocycles. The highest BCUT2D eigenvalue weighted by Crippen LogP contribution is 2.16. The van der Waals surface area contributed by atoms with Gasteiger partial charge in [0.2, 0.25) is 11.8 Å². The van der Waals surface area contributed by atoms with Gasteiger partial charge in [-0.3, -0.25) is 14.4 Å². The molecule has 0 saturated carbocycles. The van der Waals surface area contributed by atoms with Gasteiger partial charge in [0.15, 0.2) is 0 Å². The third-order valence-corrected chi connectivity index (χ3v) is 4.71. The Morgan fingerprint density at radius 1 is 1.14 bits per heavy atom. The predicted octanol–water partition coefficient (Wildman–Crippen LogP) is 2.36. The fourth-order valence-electron chi connectivity index (χ4n) is 3.13. The van der Waals surface area contributed by atoms with E-state index in [-0.39, 0.29) is 30.3 Å². The minimum absolute atomic E-state index is 0.158. The number of amides is 3. The lowest BCUT2D eigenvalue weighted by molar-refractivity contribution is -0.131. The molecule has 1 aliphatic heterocycles. The van der Waals surface area contributed by atoms with Crippen LogP contribution < -0.4 is 10.6 Å². The Kier molecular flexibility index (Phi) is 6.03. The average Bonchev–Trinajstić information content (AvgIpc) is 2.70. The molecular formula is C21H22FN3O3. The summed E-state index contributed by atoms with van der Waals surface area (Å²) in [5.41, 5.74) is 2.06. The Morgan fingerprint density at radius 2 is 1.82 bits per heavy atom. The lowest BCUT2D eigenvalue weighted by Crippen LogP contribution is -2.58. The van der Waals surface area contributed by atoms with Gasteiger partial charge < -0.3 is 15.5 Å². The number of nitrogens with one attached hydrogen (secondary N) is 2. The first-order valence-corrected chi connectivity index (χ1v) is 9.21. The Balaban J connectivity index is 1.71. The van der Waals surface area contributed by atoms with Gasteiger partial charge in [-0.1, -0.05) is 19.1 Å². The summed E-state index contributed by atoms with van der Waals surface area (Å²) >= 11 is 0. The number of aryl methyl sites for hydroxylation is 1. The molecule has 2 aromatic carbocycles. The zero-order valence-corrected chi connectivity index (χ0v) is 15.6. The minimum Gasteiger partial charge on any atom is -0.353 e. The van der Waals surface area contributed by atoms with E-state index in [1.807, 2.05) is 19.1 Å². The molecule has 28 heavy (non-hydrogen) atoms. The van der Waals surface area contributed by atoms with Crippen molar-refractivity contribution in [2.24, 2.45) is 0 Å². The van der Waals surface area contributed by atoms with Gasteiger partial charge in [0.1, 0.15) is 11.9 Å². The van der Waals surface area contributed by atoms with Crippen molar-refractivity contribution in [2.75, 3.05) is 18.4 Å². The normalized spacial score (nSPS) is 16.4. The highest BCUT2D eigenvalue weighted by Gasteiger charge is 2.35. The zero-order chi connectivity index (χ0) is 20.1. The Hall–Kier alpha value is -3.22. The Labute approximate surface area is 162 Å². The number of anilines is 1. The van der Waals surface area contributed by atoms with E-state index in [2.05, 4.69) is 10.6 Å². The maximum Gasteiger partial charge on any atom is 0.254 e. The van der Waals surface area contributed by atoms with Crippen molar-refractivity contribution in [1.82, 2.24) is 10.2 Å². The Bertz CT molecular complexity index is 865. The number of carbonyl (C=O) groups excluding carboxylic acids is 3. The summed E-state index contributed by atoms with van der Waals surface area (Å²) in [6.07, 6.45) is 0.741. The van der Waals surface area contributed by atoms with E-state index in [0.29, 0.717) is 12.2 Å². The molecular weight excluding hydrogens is 361 g/mol. The predicted molar refractivity (Wildman–Crippen MR) is 103 cm³/mol. The number of carbonyl (C=O) groups is 3. The van der Waals surface area contributed by atoms with Crippen molar-refractivity contribution >= 4 is 23.4 Å². The van der Waals surface area contributed by atoms with Crippen LogP contribution in [0.1, 0.15) is 29.3 Å². The number of hydrogen-bond donors (Lipinski definition) is 2. The van der Waals surface area contributed by atoms with Gasteiger partial charge in [-0.2, -0.15) is 0 Å². The third kappa shape index (κ3) is 4.54. The van der Waals surface area contributed by atoms with Crippen LogP contribution in [0.15, 0.2) is 48.5 Å². The fourth-order valence-corrected chi connectivity index (χ4v) is 3.13. The molecule has 2 aromatic rings. The summed E-state index contributed by atoms with van der Waals surface area (Å²) in [6, 6.07) is 11.7. The van der Waals surface area contributed by atoms with Gasteiger partial charge in [0.25, 0.3) is 5.91 Å². The molecule has 0 spiro atoms. The van der Waals surface area contributed by atoms with Crippen molar-refractivity contribution < 1.29 is 18.8 Å². The Morgan fingerprint density at radius 3 is 2.46 bits per heavy atom. The van der Waals surface area contributed by atoms with E-state index in [4.69, 9.17) is 0 Å². The van der Waals surface area contributed by atoms with E-state index < -0.39 is 17.8 Å². The van der Waals surface area contributed by atoms with Gasteiger partial charge in [0.05, 0.1) is 6.42 Å². The topological polar surface area (TPSA) is 78.5 Å². The highest BCUT2D eigenvalue weighted by atomic mass is 19.1. The quantitative estimate of drug-likeness (QED) is 0.832. The monoisotopic (exact) mass is 383 g/mol. The second kappa shape index (κ2) is 8.65. The lowest BCUT2D eigenvalue weighted by atomic mass is 10.1. The van der Waals surface area contributed by atoms with E-state index in [9.17, 15) is 18.8 Å². The molecule has 0 unspecified atom stereocenters. The maximum atomic E-state index is 13.1. The van der Waals surface area contributed by atoms with Crippen LogP contribution in [0.4, 0.5) is 10.1 Å². The van der Waals surface area contributed by atoms with Gasteiger partial charge in [0, 0.05) is 24.3 Å². The highest BCUT2D eigenvalue weighted by molar-refractivity contribution is 6.01. The summed E-state index contributed by atoms with van der Waals surface area (Å²) in [6.45, 7) is 2.63. The number of benzene rings is 2. The van der Waals surface area contributed by atoms with Gasteiger partial charge in [-0.05, 0) is 48.4 Å². The summed E-state index contributed by atoms with van der Waals surface area (Å²) in [5, 5.41) is 5.45. The van der Waals surface area contributed by atoms with Gasteiger partial charge in [-0.25, -0.2) is 4.39 Å². The lowest BCUT2D eigenvalue weighted by Gasteiger charge is -2.34. The molecule has 1 atom stereocenters. The average molecular weight is 383 g/mol. The van der Waals surface area contributed by atoms with E-state index in [1.165, 1.54) is 29.2 Å². The molecule has 2 N–H and O–H groups in total. The summed E-state index contributed by atoms with van der Waals surface area (Å²) in [5.74, 6) is -1.58. The van der Waals surface area contributed by atoms with Gasteiger partial charge >= 0.3 is 0 Å². The second-order valence-electron chi connectivity index (χ2n) is 6.62. The largest absolute Gasteiger partial charge is 0.353 e. The van der Waals surface area contributed by atoms with Crippen molar-refractivity contribution in [2.45, 2.75) is 25.8 Å². The summed E-state index contributed by atoms with van der Waals surface area (Å²) in [7, 11) is 0. The minimum atomic E-state index is -0.916. The van der Waals surface area contributed by atoms with Crippen molar-refractivity contribution in [3.63, 3.8) is 0 Å². The van der Waals surface area contributed by atoms with Crippen LogP contribution in [-0.2, 0) is 16.0 Å². The number of halogens is 1. The molecule has 146 valence electrons. The number of hydrogen-bond acceptors (Lipinski definition) is 3. The molecule has 0 aliphatic carbocycles. The fraction of sp³-hybridized carbons (Fsp3) is 0.286. The van der Waals surface area contributed by atoms with E-state index >= 15 is 0 Å². The first-order chi connectivity index (χ1) is 13.5. The molecule has 0 bridgehead atoms. The summed E-state index contributed by atoms with van der Waals surface area (Å²) < 4.78 is 13.1. The first-order valence-electron chi connectivity index (χ1n) is 9.21. The van der Waals surface area contributed by atoms with Crippen molar-refractivity contribution in [3.05, 3.63) is 65.5 Å². The van der Waals surface area contributed by atoms with Crippen LogP contribution >= 0.6 is 0 Å². The van der Waals surface area contributed by atoms with Crippen LogP contribution in [0.3, 0.4) is 0 Å². The first kappa shape index (κ1) is 19.5. The van der Waals surface area contributed by atoms with Crippen LogP contribution in [0.25, 0.3) is 0 Å². The van der Waals surface area contributed by atoms with Crippen LogP contribution in [0.2, 0.25) is 0 Å². The second-order valence-corrected chi connectivity index (χ2v) is 6.62. The number of nitrogens with zero attached hydrogens (tertiary/aromatic N) is 1. The van der Waals surface area contributed by atoms with Gasteiger partial charge in [-0.15, -0.1) is 0 Å². The molecule has 3 rings (SSSR count). The zero-order valence-electron chi connectivity index (χ0n) is 15.6. The third-order valence-electron chi connectivity index (χ3n) is 4.71. The molecule has 3 amide bonds. The smallest absolute Gasteiger partial charge is 0.254 e. The van der Waals surface area contributed by atoms with Crippen molar-refractivity contribution in [1.29, 1.82) is 0 Å². The van der Waals surface area contributed by atoms with Crippen LogP contribution in [0, 0.1) is 5.82 Å². The molecule has 1 heterocycles. The molecule has 1 fully saturated rings. The van der Waals surface area contributed by atoms with E-state index in [1.54, 1.807) is 12.1 Å². The molecule has 0 radical (unpaired) electrons. The molecule has 7 heteroatoms. The molecule has 0 aromatic heterocycles. The van der Waals surface area contributed by atoms with Crippen LogP contribution in [0.5, 0.6) is 0 Å².